The van der Waals surface area contributed by atoms with E-state index in [1.165, 1.54) is 0 Å². The van der Waals surface area contributed by atoms with Gasteiger partial charge >= 0.3 is 6.03 Å². The van der Waals surface area contributed by atoms with E-state index in [9.17, 15) is 14.4 Å². The van der Waals surface area contributed by atoms with Gasteiger partial charge in [0.1, 0.15) is 12.4 Å². The molecule has 9 nitrogen and oxygen atoms in total. The molecule has 3 rings (SSSR count). The summed E-state index contributed by atoms with van der Waals surface area (Å²) in [6.07, 6.45) is 2.47. The van der Waals surface area contributed by atoms with Crippen LogP contribution in [-0.2, 0) is 9.53 Å². The zero-order valence-electron chi connectivity index (χ0n) is 20.9. The molecule has 0 spiro atoms. The number of benzene rings is 1. The Hall–Kier alpha value is -2.81. The maximum absolute atomic E-state index is 13.3. The summed E-state index contributed by atoms with van der Waals surface area (Å²) in [6, 6.07) is 4.52. The Labute approximate surface area is 202 Å². The fourth-order valence-electron chi connectivity index (χ4n) is 4.14. The number of methoxy groups -OCH3 is 1. The van der Waals surface area contributed by atoms with Crippen molar-refractivity contribution in [1.29, 1.82) is 0 Å². The summed E-state index contributed by atoms with van der Waals surface area (Å²) in [5.41, 5.74) is 0.925. The molecule has 0 bridgehead atoms. The van der Waals surface area contributed by atoms with E-state index in [0.29, 0.717) is 36.6 Å². The van der Waals surface area contributed by atoms with Crippen molar-refractivity contribution in [3.05, 3.63) is 23.8 Å². The predicted octanol–water partition coefficient (Wildman–Crippen LogP) is 2.96. The molecule has 9 heteroatoms. The van der Waals surface area contributed by atoms with Gasteiger partial charge in [0, 0.05) is 57.4 Å². The summed E-state index contributed by atoms with van der Waals surface area (Å²) < 4.78 is 11.9. The lowest BCUT2D eigenvalue weighted by atomic mass is 10.0. The number of hydrogen-bond donors (Lipinski definition) is 2. The van der Waals surface area contributed by atoms with Gasteiger partial charge in [-0.25, -0.2) is 4.79 Å². The number of amides is 4. The number of nitrogens with zero attached hydrogens (tertiary/aromatic N) is 2. The van der Waals surface area contributed by atoms with Crippen LogP contribution >= 0.6 is 0 Å². The van der Waals surface area contributed by atoms with Crippen molar-refractivity contribution in [3.8, 4) is 5.75 Å². The Morgan fingerprint density at radius 3 is 2.59 bits per heavy atom. The monoisotopic (exact) mass is 474 g/mol. The second-order valence-corrected chi connectivity index (χ2v) is 9.45. The average Bonchev–Trinajstić information content (AvgIpc) is 3.67. The number of likely N-dealkylation sites (N-methyl/N-ethyl adjacent to an activating group) is 1. The van der Waals surface area contributed by atoms with E-state index in [2.05, 4.69) is 17.6 Å². The highest BCUT2D eigenvalue weighted by atomic mass is 16.5. The van der Waals surface area contributed by atoms with Crippen LogP contribution in [0.3, 0.4) is 0 Å². The summed E-state index contributed by atoms with van der Waals surface area (Å²) in [6.45, 7) is 7.71. The van der Waals surface area contributed by atoms with Gasteiger partial charge in [0.15, 0.2) is 0 Å². The van der Waals surface area contributed by atoms with E-state index in [4.69, 9.17) is 9.47 Å². The molecular formula is C25H38N4O5. The first-order valence-electron chi connectivity index (χ1n) is 12.2. The molecule has 0 aromatic heterocycles. The molecule has 2 aliphatic rings. The minimum atomic E-state index is -0.315. The van der Waals surface area contributed by atoms with Crippen LogP contribution < -0.4 is 15.4 Å². The fraction of sp³-hybridized carbons (Fsp3) is 0.640. The van der Waals surface area contributed by atoms with Gasteiger partial charge in [-0.2, -0.15) is 0 Å². The molecule has 1 aliphatic heterocycles. The minimum Gasteiger partial charge on any atom is -0.491 e. The van der Waals surface area contributed by atoms with Crippen LogP contribution in [0.2, 0.25) is 0 Å². The van der Waals surface area contributed by atoms with E-state index in [1.807, 2.05) is 18.7 Å². The Bertz CT molecular complexity index is 888. The van der Waals surface area contributed by atoms with Crippen molar-refractivity contribution in [3.63, 3.8) is 0 Å². The predicted molar refractivity (Wildman–Crippen MR) is 130 cm³/mol. The van der Waals surface area contributed by atoms with Crippen molar-refractivity contribution in [2.75, 3.05) is 45.7 Å². The van der Waals surface area contributed by atoms with Gasteiger partial charge in [-0.15, -0.1) is 0 Å². The second kappa shape index (κ2) is 11.6. The summed E-state index contributed by atoms with van der Waals surface area (Å²) in [7, 11) is 3.37. The van der Waals surface area contributed by atoms with Gasteiger partial charge in [0.05, 0.1) is 17.7 Å². The van der Waals surface area contributed by atoms with Crippen LogP contribution in [0.25, 0.3) is 0 Å². The van der Waals surface area contributed by atoms with Gasteiger partial charge in [-0.05, 0) is 38.3 Å². The molecule has 0 saturated heterocycles. The van der Waals surface area contributed by atoms with Gasteiger partial charge in [-0.3, -0.25) is 9.59 Å². The number of rotatable bonds is 5. The Balaban J connectivity index is 1.90. The number of carbonyl (C=O) groups excluding carboxylic acids is 3. The highest BCUT2D eigenvalue weighted by Crippen LogP contribution is 2.33. The van der Waals surface area contributed by atoms with Crippen molar-refractivity contribution in [2.45, 2.75) is 52.2 Å². The summed E-state index contributed by atoms with van der Waals surface area (Å²) in [4.78, 5) is 42.0. The van der Waals surface area contributed by atoms with Crippen LogP contribution in [0.5, 0.6) is 5.75 Å². The van der Waals surface area contributed by atoms with Crippen molar-refractivity contribution < 1.29 is 23.9 Å². The zero-order valence-corrected chi connectivity index (χ0v) is 20.9. The van der Waals surface area contributed by atoms with Crippen molar-refractivity contribution >= 4 is 23.5 Å². The Morgan fingerprint density at radius 1 is 1.21 bits per heavy atom. The number of carbonyl (C=O) groups is 3. The fourth-order valence-corrected chi connectivity index (χ4v) is 4.14. The first-order valence-corrected chi connectivity index (χ1v) is 12.2. The number of nitrogens with one attached hydrogen (secondary N) is 2. The van der Waals surface area contributed by atoms with Gasteiger partial charge < -0.3 is 29.9 Å². The lowest BCUT2D eigenvalue weighted by Crippen LogP contribution is -2.49. The molecule has 1 saturated carbocycles. The van der Waals surface area contributed by atoms with Crippen LogP contribution in [0, 0.1) is 11.8 Å². The molecule has 188 valence electrons. The lowest BCUT2D eigenvalue weighted by Gasteiger charge is -2.36. The quantitative estimate of drug-likeness (QED) is 0.684. The standard InChI is InChI=1S/C25H38N4O5/c1-6-11-26-25(32)27-19-9-10-20-21(12-19)34-15-17(3)29(23(30)18-7-8-18)13-16(2)22(33-5)14-28(4)24(20)31/h9-10,12,16-18,22H,6-8,11,13-15H2,1-5H3,(H2,26,27,32)/t16-,17-,22-/m1/s1. The molecule has 3 atom stereocenters. The van der Waals surface area contributed by atoms with E-state index in [1.54, 1.807) is 37.3 Å². The summed E-state index contributed by atoms with van der Waals surface area (Å²) in [5, 5.41) is 5.55. The summed E-state index contributed by atoms with van der Waals surface area (Å²) in [5.74, 6) is 0.473. The molecule has 1 aromatic rings. The van der Waals surface area contributed by atoms with E-state index < -0.39 is 0 Å². The van der Waals surface area contributed by atoms with Gasteiger partial charge in [0.2, 0.25) is 5.91 Å². The highest BCUT2D eigenvalue weighted by Gasteiger charge is 2.37. The molecule has 1 aromatic carbocycles. The normalized spacial score (nSPS) is 23.8. The number of ether oxygens (including phenoxy) is 2. The van der Waals surface area contributed by atoms with Crippen LogP contribution in [-0.4, -0.2) is 80.2 Å². The number of anilines is 1. The summed E-state index contributed by atoms with van der Waals surface area (Å²) >= 11 is 0. The minimum absolute atomic E-state index is 0.0394. The molecular weight excluding hydrogens is 436 g/mol. The SMILES string of the molecule is CCCNC(=O)Nc1ccc2c(c1)OC[C@@H](C)N(C(=O)C1CC1)C[C@@H](C)[C@H](OC)CN(C)C2=O. The molecule has 1 aliphatic carbocycles. The third-order valence-corrected chi connectivity index (χ3v) is 6.45. The Kier molecular flexibility index (Phi) is 8.77. The third-order valence-electron chi connectivity index (χ3n) is 6.45. The number of hydrogen-bond acceptors (Lipinski definition) is 5. The van der Waals surface area contributed by atoms with Crippen LogP contribution in [0.1, 0.15) is 50.4 Å². The second-order valence-electron chi connectivity index (χ2n) is 9.45. The largest absolute Gasteiger partial charge is 0.491 e. The maximum atomic E-state index is 13.3. The topological polar surface area (TPSA) is 100 Å². The van der Waals surface area contributed by atoms with E-state index in [0.717, 1.165) is 19.3 Å². The van der Waals surface area contributed by atoms with Crippen molar-refractivity contribution in [1.82, 2.24) is 15.1 Å². The highest BCUT2D eigenvalue weighted by molar-refractivity contribution is 5.98. The lowest BCUT2D eigenvalue weighted by molar-refractivity contribution is -0.136. The van der Waals surface area contributed by atoms with Crippen LogP contribution in [0.4, 0.5) is 10.5 Å². The van der Waals surface area contributed by atoms with E-state index >= 15 is 0 Å². The first-order chi connectivity index (χ1) is 16.2. The van der Waals surface area contributed by atoms with Crippen molar-refractivity contribution in [2.24, 2.45) is 11.8 Å². The smallest absolute Gasteiger partial charge is 0.319 e. The molecule has 0 unspecified atom stereocenters. The zero-order chi connectivity index (χ0) is 24.8. The van der Waals surface area contributed by atoms with Gasteiger partial charge in [-0.1, -0.05) is 13.8 Å². The average molecular weight is 475 g/mol. The van der Waals surface area contributed by atoms with E-state index in [-0.39, 0.29) is 48.4 Å². The number of fused-ring (bicyclic) bond motifs is 1. The molecule has 0 radical (unpaired) electrons. The molecule has 1 heterocycles. The van der Waals surface area contributed by atoms with Crippen LogP contribution in [0.15, 0.2) is 18.2 Å². The first kappa shape index (κ1) is 25.8. The third kappa shape index (κ3) is 6.40. The molecule has 2 N–H and O–H groups in total. The maximum Gasteiger partial charge on any atom is 0.319 e. The molecule has 1 fully saturated rings. The number of urea groups is 1. The molecule has 34 heavy (non-hydrogen) atoms. The van der Waals surface area contributed by atoms with Gasteiger partial charge in [0.25, 0.3) is 5.91 Å². The molecule has 4 amide bonds. The Morgan fingerprint density at radius 2 is 1.94 bits per heavy atom.